The number of nitriles is 1. The molecule has 1 N–H and O–H groups in total. The first kappa shape index (κ1) is 16.3. The Morgan fingerprint density at radius 1 is 1.21 bits per heavy atom. The molecule has 4 aromatic rings. The second-order valence-electron chi connectivity index (χ2n) is 6.84. The SMILES string of the molecule is Cc1c(-c2cccc3c2OCC3)nn2c(=O)cc(-c3ccc(C#N)cc3)[nH]c12. The normalized spacial score (nSPS) is 12.6. The van der Waals surface area contributed by atoms with E-state index in [0.717, 1.165) is 34.6 Å². The van der Waals surface area contributed by atoms with Crippen LogP contribution in [0.3, 0.4) is 0 Å². The summed E-state index contributed by atoms with van der Waals surface area (Å²) in [5.74, 6) is 0.855. The minimum Gasteiger partial charge on any atom is -0.492 e. The topological polar surface area (TPSA) is 83.2 Å². The highest BCUT2D eigenvalue weighted by Gasteiger charge is 2.22. The van der Waals surface area contributed by atoms with Gasteiger partial charge in [0.05, 0.1) is 23.9 Å². The summed E-state index contributed by atoms with van der Waals surface area (Å²) in [5.41, 5.74) is 6.24. The highest BCUT2D eigenvalue weighted by Crippen LogP contribution is 2.38. The third-order valence-electron chi connectivity index (χ3n) is 5.15. The number of rotatable bonds is 2. The van der Waals surface area contributed by atoms with Gasteiger partial charge in [-0.05, 0) is 36.2 Å². The molecule has 0 fully saturated rings. The van der Waals surface area contributed by atoms with Crippen LogP contribution in [0.5, 0.6) is 5.75 Å². The molecule has 0 unspecified atom stereocenters. The van der Waals surface area contributed by atoms with E-state index in [-0.39, 0.29) is 5.56 Å². The van der Waals surface area contributed by atoms with Crippen LogP contribution in [-0.4, -0.2) is 21.2 Å². The molecule has 1 aliphatic heterocycles. The zero-order chi connectivity index (χ0) is 19.3. The van der Waals surface area contributed by atoms with Crippen LogP contribution >= 0.6 is 0 Å². The van der Waals surface area contributed by atoms with Crippen LogP contribution in [0.25, 0.3) is 28.2 Å². The Kier molecular flexibility index (Phi) is 3.56. The molecular weight excluding hydrogens is 352 g/mol. The van der Waals surface area contributed by atoms with Crippen molar-refractivity contribution in [2.75, 3.05) is 6.61 Å². The molecule has 2 aromatic carbocycles. The number of benzene rings is 2. The van der Waals surface area contributed by atoms with Crippen molar-refractivity contribution in [1.82, 2.24) is 14.6 Å². The van der Waals surface area contributed by atoms with E-state index in [9.17, 15) is 4.79 Å². The maximum atomic E-state index is 12.7. The van der Waals surface area contributed by atoms with Gasteiger partial charge in [0.25, 0.3) is 5.56 Å². The van der Waals surface area contributed by atoms with Gasteiger partial charge in [-0.25, -0.2) is 0 Å². The summed E-state index contributed by atoms with van der Waals surface area (Å²) < 4.78 is 7.21. The lowest BCUT2D eigenvalue weighted by Crippen LogP contribution is -2.14. The first-order valence-electron chi connectivity index (χ1n) is 9.04. The molecule has 0 spiro atoms. The molecule has 0 aliphatic carbocycles. The largest absolute Gasteiger partial charge is 0.492 e. The zero-order valence-corrected chi connectivity index (χ0v) is 15.2. The van der Waals surface area contributed by atoms with E-state index in [0.29, 0.717) is 23.5 Å². The van der Waals surface area contributed by atoms with E-state index in [4.69, 9.17) is 10.00 Å². The van der Waals surface area contributed by atoms with Crippen LogP contribution < -0.4 is 10.3 Å². The van der Waals surface area contributed by atoms with Crippen LogP contribution in [0, 0.1) is 18.3 Å². The van der Waals surface area contributed by atoms with Crippen molar-refractivity contribution in [2.24, 2.45) is 0 Å². The van der Waals surface area contributed by atoms with Crippen molar-refractivity contribution in [3.8, 4) is 34.3 Å². The molecule has 28 heavy (non-hydrogen) atoms. The average Bonchev–Trinajstić information content (AvgIpc) is 3.33. The van der Waals surface area contributed by atoms with E-state index in [1.165, 1.54) is 16.1 Å². The highest BCUT2D eigenvalue weighted by molar-refractivity contribution is 5.77. The second kappa shape index (κ2) is 6.10. The summed E-state index contributed by atoms with van der Waals surface area (Å²) in [6, 6.07) is 16.8. The lowest BCUT2D eigenvalue weighted by atomic mass is 10.0. The van der Waals surface area contributed by atoms with Gasteiger partial charge in [-0.2, -0.15) is 14.9 Å². The monoisotopic (exact) mass is 368 g/mol. The van der Waals surface area contributed by atoms with E-state index in [2.05, 4.69) is 22.2 Å². The number of hydrogen-bond acceptors (Lipinski definition) is 4. The molecule has 2 aromatic heterocycles. The predicted molar refractivity (Wildman–Crippen MR) is 105 cm³/mol. The average molecular weight is 368 g/mol. The molecule has 5 rings (SSSR count). The number of hydrogen-bond donors (Lipinski definition) is 1. The number of fused-ring (bicyclic) bond motifs is 2. The molecule has 3 heterocycles. The molecule has 6 heteroatoms. The van der Waals surface area contributed by atoms with Crippen LogP contribution in [0.4, 0.5) is 0 Å². The van der Waals surface area contributed by atoms with Crippen molar-refractivity contribution in [3.05, 3.63) is 75.6 Å². The van der Waals surface area contributed by atoms with E-state index >= 15 is 0 Å². The fourth-order valence-corrected chi connectivity index (χ4v) is 3.69. The van der Waals surface area contributed by atoms with Crippen molar-refractivity contribution in [2.45, 2.75) is 13.3 Å². The van der Waals surface area contributed by atoms with Gasteiger partial charge >= 0.3 is 0 Å². The molecule has 1 aliphatic rings. The van der Waals surface area contributed by atoms with Gasteiger partial charge in [0.2, 0.25) is 0 Å². The summed E-state index contributed by atoms with van der Waals surface area (Å²) in [6.45, 7) is 2.62. The maximum absolute atomic E-state index is 12.7. The molecule has 6 nitrogen and oxygen atoms in total. The van der Waals surface area contributed by atoms with Crippen molar-refractivity contribution in [3.63, 3.8) is 0 Å². The summed E-state index contributed by atoms with van der Waals surface area (Å²) in [6.07, 6.45) is 0.886. The van der Waals surface area contributed by atoms with Crippen LogP contribution in [0.2, 0.25) is 0 Å². The summed E-state index contributed by atoms with van der Waals surface area (Å²) in [7, 11) is 0. The number of nitrogens with one attached hydrogen (secondary N) is 1. The Bertz CT molecular complexity index is 1320. The quantitative estimate of drug-likeness (QED) is 0.587. The van der Waals surface area contributed by atoms with Gasteiger partial charge < -0.3 is 9.72 Å². The Hall–Kier alpha value is -3.85. The first-order valence-corrected chi connectivity index (χ1v) is 9.04. The minimum atomic E-state index is -0.212. The maximum Gasteiger partial charge on any atom is 0.274 e. The number of aromatic nitrogens is 3. The van der Waals surface area contributed by atoms with E-state index < -0.39 is 0 Å². The number of H-pyrrole nitrogens is 1. The van der Waals surface area contributed by atoms with Crippen LogP contribution in [0.1, 0.15) is 16.7 Å². The van der Waals surface area contributed by atoms with Gasteiger partial charge in [0.15, 0.2) is 0 Å². The third-order valence-corrected chi connectivity index (χ3v) is 5.15. The van der Waals surface area contributed by atoms with Gasteiger partial charge in [-0.1, -0.05) is 24.3 Å². The Labute approximate surface area is 160 Å². The molecule has 0 saturated heterocycles. The smallest absolute Gasteiger partial charge is 0.274 e. The van der Waals surface area contributed by atoms with Crippen molar-refractivity contribution >= 4 is 5.65 Å². The summed E-state index contributed by atoms with van der Waals surface area (Å²) in [4.78, 5) is 16.0. The molecule has 136 valence electrons. The molecule has 0 radical (unpaired) electrons. The predicted octanol–water partition coefficient (Wildman–Crippen LogP) is 3.47. The lowest BCUT2D eigenvalue weighted by molar-refractivity contribution is 0.358. The molecular formula is C22H16N4O2. The van der Waals surface area contributed by atoms with Gasteiger partial charge in [-0.15, -0.1) is 0 Å². The number of aromatic amines is 1. The minimum absolute atomic E-state index is 0.212. The number of para-hydroxylation sites is 1. The third kappa shape index (κ3) is 2.41. The van der Waals surface area contributed by atoms with E-state index in [1.54, 1.807) is 12.1 Å². The standard InChI is InChI=1S/C22H16N4O2/c1-13-20(17-4-2-3-16-9-10-28-21(16)17)25-26-19(27)11-18(24-22(13)26)15-7-5-14(12-23)6-8-15/h2-8,11,24H,9-10H2,1H3. The molecule has 0 amide bonds. The van der Waals surface area contributed by atoms with E-state index in [1.807, 2.05) is 31.2 Å². The Morgan fingerprint density at radius 3 is 2.82 bits per heavy atom. The fraction of sp³-hybridized carbons (Fsp3) is 0.136. The number of aryl methyl sites for hydroxylation is 1. The first-order chi connectivity index (χ1) is 13.7. The van der Waals surface area contributed by atoms with Crippen molar-refractivity contribution < 1.29 is 4.74 Å². The number of nitrogens with zero attached hydrogens (tertiary/aromatic N) is 3. The van der Waals surface area contributed by atoms with Crippen LogP contribution in [-0.2, 0) is 6.42 Å². The molecule has 0 bridgehead atoms. The summed E-state index contributed by atoms with van der Waals surface area (Å²) in [5, 5.41) is 13.5. The Balaban J connectivity index is 1.70. The molecule has 0 saturated carbocycles. The second-order valence-corrected chi connectivity index (χ2v) is 6.84. The van der Waals surface area contributed by atoms with Gasteiger partial charge in [-0.3, -0.25) is 4.79 Å². The molecule has 0 atom stereocenters. The zero-order valence-electron chi connectivity index (χ0n) is 15.2. The number of ether oxygens (including phenoxy) is 1. The van der Waals surface area contributed by atoms with Gasteiger partial charge in [0.1, 0.15) is 17.1 Å². The van der Waals surface area contributed by atoms with Crippen LogP contribution in [0.15, 0.2) is 53.3 Å². The Morgan fingerprint density at radius 2 is 2.04 bits per heavy atom. The van der Waals surface area contributed by atoms with Gasteiger partial charge in [0, 0.05) is 23.6 Å². The highest BCUT2D eigenvalue weighted by atomic mass is 16.5. The lowest BCUT2D eigenvalue weighted by Gasteiger charge is -2.06. The summed E-state index contributed by atoms with van der Waals surface area (Å²) >= 11 is 0. The van der Waals surface area contributed by atoms with Crippen molar-refractivity contribution in [1.29, 1.82) is 5.26 Å². The fourth-order valence-electron chi connectivity index (χ4n) is 3.69.